The summed E-state index contributed by atoms with van der Waals surface area (Å²) >= 11 is 0. The van der Waals surface area contributed by atoms with Crippen LogP contribution in [-0.4, -0.2) is 14.2 Å². The third-order valence-corrected chi connectivity index (χ3v) is 3.19. The lowest BCUT2D eigenvalue weighted by atomic mass is 10.6. The van der Waals surface area contributed by atoms with E-state index in [9.17, 15) is 4.57 Å². The molecule has 1 aliphatic carbocycles. The summed E-state index contributed by atoms with van der Waals surface area (Å²) in [6.45, 7) is 0. The molecule has 0 saturated carbocycles. The number of rotatable bonds is 3. The highest BCUT2D eigenvalue weighted by Gasteiger charge is 2.25. The lowest BCUT2D eigenvalue weighted by Gasteiger charge is -2.11. The Morgan fingerprint density at radius 3 is 2.45 bits per heavy atom. The highest BCUT2D eigenvalue weighted by molar-refractivity contribution is 7.58. The number of hydrogen-bond donors (Lipinski definition) is 0. The second kappa shape index (κ2) is 3.21. The quantitative estimate of drug-likeness (QED) is 0.483. The molecule has 0 saturated heterocycles. The number of allylic oxidation sites excluding steroid dienone is 3. The highest BCUT2D eigenvalue weighted by Crippen LogP contribution is 2.55. The fourth-order valence-corrected chi connectivity index (χ4v) is 1.81. The van der Waals surface area contributed by atoms with E-state index in [4.69, 9.17) is 9.05 Å². The third-order valence-electron chi connectivity index (χ3n) is 1.36. The van der Waals surface area contributed by atoms with Crippen molar-refractivity contribution in [3.8, 4) is 0 Å². The molecule has 0 spiro atoms. The van der Waals surface area contributed by atoms with Crippen LogP contribution in [0.1, 0.15) is 0 Å². The largest absolute Gasteiger partial charge is 0.368 e. The normalized spacial score (nSPS) is 15.6. The first kappa shape index (κ1) is 8.51. The predicted molar refractivity (Wildman–Crippen MR) is 42.4 cm³/mol. The molecule has 0 bridgehead atoms. The molecule has 0 heterocycles. The van der Waals surface area contributed by atoms with Crippen molar-refractivity contribution in [3.05, 3.63) is 29.3 Å². The zero-order valence-electron chi connectivity index (χ0n) is 6.40. The minimum Gasteiger partial charge on any atom is -0.308 e. The first-order valence-corrected chi connectivity index (χ1v) is 4.62. The Morgan fingerprint density at radius 1 is 1.45 bits per heavy atom. The van der Waals surface area contributed by atoms with Gasteiger partial charge in [0.25, 0.3) is 0 Å². The SMILES string of the molecule is COP(=O)(OC)C1=C=CC=C1. The summed E-state index contributed by atoms with van der Waals surface area (Å²) in [6.07, 6.45) is 5.06. The highest BCUT2D eigenvalue weighted by atomic mass is 31.2. The van der Waals surface area contributed by atoms with Crippen molar-refractivity contribution >= 4 is 7.60 Å². The lowest BCUT2D eigenvalue weighted by molar-refractivity contribution is 0.284. The van der Waals surface area contributed by atoms with E-state index in [-0.39, 0.29) is 0 Å². The molecule has 0 unspecified atom stereocenters. The molecular formula is C7H9O3P. The minimum absolute atomic E-state index is 0.475. The van der Waals surface area contributed by atoms with Gasteiger partial charge in [-0.1, -0.05) is 6.08 Å². The van der Waals surface area contributed by atoms with E-state index in [1.807, 2.05) is 0 Å². The Balaban J connectivity index is 2.96. The van der Waals surface area contributed by atoms with Gasteiger partial charge >= 0.3 is 7.60 Å². The van der Waals surface area contributed by atoms with Crippen LogP contribution in [0.15, 0.2) is 29.3 Å². The zero-order chi connectivity index (χ0) is 8.32. The van der Waals surface area contributed by atoms with Gasteiger partial charge in [-0.05, 0) is 12.2 Å². The summed E-state index contributed by atoms with van der Waals surface area (Å²) in [4.78, 5) is 0. The van der Waals surface area contributed by atoms with E-state index in [0.29, 0.717) is 5.31 Å². The molecule has 0 fully saturated rings. The van der Waals surface area contributed by atoms with Crippen LogP contribution in [0, 0.1) is 0 Å². The van der Waals surface area contributed by atoms with E-state index in [1.165, 1.54) is 14.2 Å². The van der Waals surface area contributed by atoms with Crippen LogP contribution in [0.25, 0.3) is 0 Å². The average Bonchev–Trinajstić information content (AvgIpc) is 2.55. The van der Waals surface area contributed by atoms with Crippen molar-refractivity contribution in [1.29, 1.82) is 0 Å². The Kier molecular flexibility index (Phi) is 2.48. The maximum atomic E-state index is 11.5. The summed E-state index contributed by atoms with van der Waals surface area (Å²) in [6, 6.07) is 0. The topological polar surface area (TPSA) is 35.5 Å². The Morgan fingerprint density at radius 2 is 2.09 bits per heavy atom. The second-order valence-corrected chi connectivity index (χ2v) is 4.13. The molecule has 0 N–H and O–H groups in total. The van der Waals surface area contributed by atoms with Crippen LogP contribution in [0.3, 0.4) is 0 Å². The van der Waals surface area contributed by atoms with Crippen LogP contribution < -0.4 is 0 Å². The van der Waals surface area contributed by atoms with Crippen molar-refractivity contribution in [2.24, 2.45) is 0 Å². The van der Waals surface area contributed by atoms with Gasteiger partial charge in [-0.2, -0.15) is 0 Å². The van der Waals surface area contributed by atoms with Gasteiger partial charge in [0.1, 0.15) is 5.31 Å². The Bertz CT molecular complexity index is 276. The van der Waals surface area contributed by atoms with Crippen LogP contribution in [-0.2, 0) is 13.6 Å². The average molecular weight is 172 g/mol. The Hall–Kier alpha value is -0.590. The molecule has 0 radical (unpaired) electrons. The van der Waals surface area contributed by atoms with Gasteiger partial charge in [-0.15, -0.1) is 5.73 Å². The summed E-state index contributed by atoms with van der Waals surface area (Å²) in [5.74, 6) is 0. The molecular weight excluding hydrogens is 163 g/mol. The molecule has 0 aromatic rings. The van der Waals surface area contributed by atoms with Gasteiger partial charge < -0.3 is 9.05 Å². The van der Waals surface area contributed by atoms with Gasteiger partial charge in [0.15, 0.2) is 0 Å². The first-order valence-electron chi connectivity index (χ1n) is 3.08. The van der Waals surface area contributed by atoms with Crippen LogP contribution in [0.2, 0.25) is 0 Å². The molecule has 0 aromatic carbocycles. The molecule has 60 valence electrons. The van der Waals surface area contributed by atoms with E-state index >= 15 is 0 Å². The monoisotopic (exact) mass is 172 g/mol. The molecule has 1 aliphatic rings. The van der Waals surface area contributed by atoms with Crippen LogP contribution in [0.4, 0.5) is 0 Å². The van der Waals surface area contributed by atoms with E-state index in [2.05, 4.69) is 5.73 Å². The summed E-state index contributed by atoms with van der Waals surface area (Å²) < 4.78 is 21.0. The van der Waals surface area contributed by atoms with Gasteiger partial charge in [-0.25, -0.2) is 0 Å². The van der Waals surface area contributed by atoms with Crippen LogP contribution in [0.5, 0.6) is 0 Å². The maximum absolute atomic E-state index is 11.5. The molecule has 0 aromatic heterocycles. The molecule has 0 aliphatic heterocycles. The first-order chi connectivity index (χ1) is 5.23. The number of hydrogen-bond acceptors (Lipinski definition) is 3. The second-order valence-electron chi connectivity index (χ2n) is 1.92. The lowest BCUT2D eigenvalue weighted by Crippen LogP contribution is -1.88. The minimum atomic E-state index is -3.04. The zero-order valence-corrected chi connectivity index (χ0v) is 7.30. The smallest absolute Gasteiger partial charge is 0.308 e. The van der Waals surface area contributed by atoms with Crippen molar-refractivity contribution < 1.29 is 13.6 Å². The molecule has 0 amide bonds. The molecule has 11 heavy (non-hydrogen) atoms. The van der Waals surface area contributed by atoms with Gasteiger partial charge in [-0.3, -0.25) is 4.57 Å². The van der Waals surface area contributed by atoms with Crippen LogP contribution >= 0.6 is 7.60 Å². The standard InChI is InChI=1S/C7H9O3P/c1-9-11(8,10-2)7-5-3-4-6-7/h3-5H,1-2H3. The van der Waals surface area contributed by atoms with Crippen molar-refractivity contribution in [1.82, 2.24) is 0 Å². The molecule has 4 heteroatoms. The maximum Gasteiger partial charge on any atom is 0.368 e. The van der Waals surface area contributed by atoms with E-state index in [1.54, 1.807) is 18.2 Å². The predicted octanol–water partition coefficient (Wildman–Crippen LogP) is 2.08. The van der Waals surface area contributed by atoms with Gasteiger partial charge in [0, 0.05) is 14.2 Å². The summed E-state index contributed by atoms with van der Waals surface area (Å²) in [5, 5.41) is 0.475. The molecule has 1 rings (SSSR count). The van der Waals surface area contributed by atoms with Crippen molar-refractivity contribution in [2.45, 2.75) is 0 Å². The fourth-order valence-electron chi connectivity index (χ4n) is 0.762. The Labute approximate surface area is 65.5 Å². The van der Waals surface area contributed by atoms with E-state index < -0.39 is 7.60 Å². The molecule has 3 nitrogen and oxygen atoms in total. The van der Waals surface area contributed by atoms with Gasteiger partial charge in [0.2, 0.25) is 0 Å². The van der Waals surface area contributed by atoms with Crippen molar-refractivity contribution in [3.63, 3.8) is 0 Å². The van der Waals surface area contributed by atoms with E-state index in [0.717, 1.165) is 0 Å². The van der Waals surface area contributed by atoms with Gasteiger partial charge in [0.05, 0.1) is 0 Å². The molecule has 0 atom stereocenters. The summed E-state index contributed by atoms with van der Waals surface area (Å²) in [7, 11) is -0.337. The van der Waals surface area contributed by atoms with Crippen molar-refractivity contribution in [2.75, 3.05) is 14.2 Å². The summed E-state index contributed by atoms with van der Waals surface area (Å²) in [5.41, 5.74) is 2.77. The fraction of sp³-hybridized carbons (Fsp3) is 0.286. The third kappa shape index (κ3) is 1.52.